The third-order valence-corrected chi connectivity index (χ3v) is 4.98. The Labute approximate surface area is 150 Å². The van der Waals surface area contributed by atoms with Crippen molar-refractivity contribution < 1.29 is 4.52 Å². The lowest BCUT2D eigenvalue weighted by atomic mass is 10.0. The molecule has 4 nitrogen and oxygen atoms in total. The molecule has 130 valence electrons. The molecule has 0 bridgehead atoms. The second kappa shape index (κ2) is 8.15. The van der Waals surface area contributed by atoms with Crippen LogP contribution in [0.5, 0.6) is 0 Å². The number of benzene rings is 1. The van der Waals surface area contributed by atoms with E-state index in [9.17, 15) is 0 Å². The molecule has 0 spiro atoms. The molecular weight excluding hydrogens is 322 g/mol. The molecule has 0 radical (unpaired) electrons. The number of aromatic nitrogens is 1. The zero-order chi connectivity index (χ0) is 15.5. The maximum atomic E-state index is 5.50. The molecule has 4 rings (SSSR count). The lowest BCUT2D eigenvalue weighted by Gasteiger charge is -2.31. The van der Waals surface area contributed by atoms with Crippen molar-refractivity contribution in [2.75, 3.05) is 19.6 Å². The van der Waals surface area contributed by atoms with E-state index in [0.29, 0.717) is 6.04 Å². The van der Waals surface area contributed by atoms with Gasteiger partial charge in [0.25, 0.3) is 0 Å². The predicted molar refractivity (Wildman–Crippen MR) is 98.2 cm³/mol. The lowest BCUT2D eigenvalue weighted by Crippen LogP contribution is -2.42. The molecule has 1 saturated heterocycles. The molecule has 1 aliphatic heterocycles. The highest BCUT2D eigenvalue weighted by Crippen LogP contribution is 2.28. The molecule has 2 aliphatic rings. The minimum Gasteiger partial charge on any atom is -0.356 e. The molecule has 1 saturated carbocycles. The van der Waals surface area contributed by atoms with E-state index in [0.717, 1.165) is 42.6 Å². The average molecular weight is 348 g/mol. The number of rotatable bonds is 6. The molecule has 1 aliphatic carbocycles. The topological polar surface area (TPSA) is 41.3 Å². The fourth-order valence-electron chi connectivity index (χ4n) is 3.30. The number of hydrogen-bond acceptors (Lipinski definition) is 4. The summed E-state index contributed by atoms with van der Waals surface area (Å²) in [4.78, 5) is 2.49. The van der Waals surface area contributed by atoms with Crippen molar-refractivity contribution in [3.8, 4) is 11.3 Å². The number of likely N-dealkylation sites (tertiary alicyclic amines) is 1. The van der Waals surface area contributed by atoms with Gasteiger partial charge in [-0.05, 0) is 38.1 Å². The summed E-state index contributed by atoms with van der Waals surface area (Å²) in [5, 5.41) is 7.97. The van der Waals surface area contributed by atoms with Gasteiger partial charge in [-0.15, -0.1) is 12.4 Å². The summed E-state index contributed by atoms with van der Waals surface area (Å²) >= 11 is 0. The van der Waals surface area contributed by atoms with Gasteiger partial charge in [0.1, 0.15) is 0 Å². The summed E-state index contributed by atoms with van der Waals surface area (Å²) in [6.07, 6.45) is 5.36. The van der Waals surface area contributed by atoms with Crippen LogP contribution < -0.4 is 5.32 Å². The van der Waals surface area contributed by atoms with Crippen molar-refractivity contribution in [1.82, 2.24) is 15.4 Å². The second-order valence-electron chi connectivity index (χ2n) is 6.95. The van der Waals surface area contributed by atoms with Gasteiger partial charge in [0, 0.05) is 37.3 Å². The molecule has 1 N–H and O–H groups in total. The summed E-state index contributed by atoms with van der Waals surface area (Å²) < 4.78 is 5.50. The van der Waals surface area contributed by atoms with E-state index < -0.39 is 0 Å². The molecule has 2 fully saturated rings. The Bertz CT molecular complexity index is 619. The highest BCUT2D eigenvalue weighted by atomic mass is 35.5. The Hall–Kier alpha value is -1.36. The van der Waals surface area contributed by atoms with Crippen LogP contribution in [0.25, 0.3) is 11.3 Å². The molecule has 0 atom stereocenters. The first-order chi connectivity index (χ1) is 11.4. The minimum atomic E-state index is 0. The SMILES string of the molecule is Cl.c1ccc(-c2cc(CN3CCC(NCC4CC4)CC3)no2)cc1. The quantitative estimate of drug-likeness (QED) is 0.864. The van der Waals surface area contributed by atoms with Gasteiger partial charge in [0.2, 0.25) is 0 Å². The first kappa shape index (κ1) is 17.5. The Morgan fingerprint density at radius 3 is 2.54 bits per heavy atom. The van der Waals surface area contributed by atoms with E-state index >= 15 is 0 Å². The summed E-state index contributed by atoms with van der Waals surface area (Å²) in [6.45, 7) is 4.42. The van der Waals surface area contributed by atoms with Crippen LogP contribution in [-0.2, 0) is 6.54 Å². The second-order valence-corrected chi connectivity index (χ2v) is 6.95. The van der Waals surface area contributed by atoms with Crippen LogP contribution in [0.1, 0.15) is 31.4 Å². The number of nitrogens with one attached hydrogen (secondary N) is 1. The smallest absolute Gasteiger partial charge is 0.167 e. The Morgan fingerprint density at radius 1 is 1.08 bits per heavy atom. The summed E-state index contributed by atoms with van der Waals surface area (Å²) in [5.41, 5.74) is 2.13. The summed E-state index contributed by atoms with van der Waals surface area (Å²) in [5.74, 6) is 1.83. The average Bonchev–Trinajstić information content (AvgIpc) is 3.32. The highest BCUT2D eigenvalue weighted by molar-refractivity contribution is 5.85. The molecule has 24 heavy (non-hydrogen) atoms. The first-order valence-electron chi connectivity index (χ1n) is 8.83. The van der Waals surface area contributed by atoms with Gasteiger partial charge in [0.15, 0.2) is 5.76 Å². The normalized spacial score (nSPS) is 19.2. The molecule has 1 aromatic heterocycles. The Morgan fingerprint density at radius 2 is 1.83 bits per heavy atom. The van der Waals surface area contributed by atoms with E-state index in [2.05, 4.69) is 33.6 Å². The van der Waals surface area contributed by atoms with Crippen LogP contribution in [0.15, 0.2) is 40.9 Å². The minimum absolute atomic E-state index is 0. The van der Waals surface area contributed by atoms with E-state index in [1.54, 1.807) is 0 Å². The molecule has 1 aromatic carbocycles. The molecule has 0 unspecified atom stereocenters. The lowest BCUT2D eigenvalue weighted by molar-refractivity contribution is 0.186. The van der Waals surface area contributed by atoms with Crippen LogP contribution in [0.2, 0.25) is 0 Å². The van der Waals surface area contributed by atoms with E-state index in [4.69, 9.17) is 4.52 Å². The standard InChI is InChI=1S/C19H25N3O.ClH/c1-2-4-16(5-3-1)19-12-18(21-23-19)14-22-10-8-17(9-11-22)20-13-15-6-7-15;/h1-5,12,15,17,20H,6-11,13-14H2;1H. The fourth-order valence-corrected chi connectivity index (χ4v) is 3.30. The zero-order valence-corrected chi connectivity index (χ0v) is 14.8. The van der Waals surface area contributed by atoms with Gasteiger partial charge >= 0.3 is 0 Å². The van der Waals surface area contributed by atoms with Gasteiger partial charge in [0.05, 0.1) is 5.69 Å². The van der Waals surface area contributed by atoms with E-state index in [1.165, 1.54) is 32.2 Å². The maximum Gasteiger partial charge on any atom is 0.167 e. The van der Waals surface area contributed by atoms with Crippen LogP contribution >= 0.6 is 12.4 Å². The number of hydrogen-bond donors (Lipinski definition) is 1. The van der Waals surface area contributed by atoms with Gasteiger partial charge in [-0.2, -0.15) is 0 Å². The van der Waals surface area contributed by atoms with Gasteiger partial charge < -0.3 is 9.84 Å². The third kappa shape index (κ3) is 4.59. The van der Waals surface area contributed by atoms with Crippen LogP contribution in [0.3, 0.4) is 0 Å². The van der Waals surface area contributed by atoms with Crippen LogP contribution in [0.4, 0.5) is 0 Å². The summed E-state index contributed by atoms with van der Waals surface area (Å²) in [7, 11) is 0. The van der Waals surface area contributed by atoms with Crippen molar-refractivity contribution in [2.45, 2.75) is 38.3 Å². The molecule has 2 aromatic rings. The third-order valence-electron chi connectivity index (χ3n) is 4.98. The molecule has 0 amide bonds. The molecule has 2 heterocycles. The predicted octanol–water partition coefficient (Wildman–Crippen LogP) is 3.73. The number of piperidine rings is 1. The van der Waals surface area contributed by atoms with E-state index in [1.807, 2.05) is 18.2 Å². The van der Waals surface area contributed by atoms with E-state index in [-0.39, 0.29) is 12.4 Å². The number of halogens is 1. The monoisotopic (exact) mass is 347 g/mol. The van der Waals surface area contributed by atoms with Crippen molar-refractivity contribution in [2.24, 2.45) is 5.92 Å². The zero-order valence-electron chi connectivity index (χ0n) is 14.0. The highest BCUT2D eigenvalue weighted by Gasteiger charge is 2.24. The van der Waals surface area contributed by atoms with Crippen LogP contribution in [-0.4, -0.2) is 35.7 Å². The number of nitrogens with zero attached hydrogens (tertiary/aromatic N) is 2. The Balaban J connectivity index is 0.00000169. The van der Waals surface area contributed by atoms with Crippen LogP contribution in [0, 0.1) is 5.92 Å². The maximum absolute atomic E-state index is 5.50. The Kier molecular flexibility index (Phi) is 5.93. The summed E-state index contributed by atoms with van der Waals surface area (Å²) in [6, 6.07) is 13.0. The first-order valence-corrected chi connectivity index (χ1v) is 8.83. The van der Waals surface area contributed by atoms with Gasteiger partial charge in [-0.1, -0.05) is 35.5 Å². The fraction of sp³-hybridized carbons (Fsp3) is 0.526. The largest absolute Gasteiger partial charge is 0.356 e. The van der Waals surface area contributed by atoms with Gasteiger partial charge in [-0.3, -0.25) is 4.90 Å². The molecule has 5 heteroatoms. The van der Waals surface area contributed by atoms with Gasteiger partial charge in [-0.25, -0.2) is 0 Å². The molecular formula is C19H26ClN3O. The van der Waals surface area contributed by atoms with Crippen molar-refractivity contribution in [1.29, 1.82) is 0 Å². The van der Waals surface area contributed by atoms with Crippen molar-refractivity contribution in [3.63, 3.8) is 0 Å². The van der Waals surface area contributed by atoms with Crippen molar-refractivity contribution in [3.05, 3.63) is 42.1 Å². The van der Waals surface area contributed by atoms with Crippen molar-refractivity contribution >= 4 is 12.4 Å².